The summed E-state index contributed by atoms with van der Waals surface area (Å²) in [4.78, 5) is 10.6. The molecule has 0 aliphatic heterocycles. The van der Waals surface area contributed by atoms with E-state index < -0.39 is 11.8 Å². The van der Waals surface area contributed by atoms with Gasteiger partial charge in [0.05, 0.1) is 22.3 Å². The zero-order valence-electron chi connectivity index (χ0n) is 44.5. The summed E-state index contributed by atoms with van der Waals surface area (Å²) in [6, 6.07) is 70.7. The molecule has 366 valence electrons. The van der Waals surface area contributed by atoms with Crippen molar-refractivity contribution in [1.82, 2.24) is 14.5 Å². The number of phenolic OH excluding ortho intramolecular Hbond substituents is 1. The Morgan fingerprint density at radius 2 is 1.07 bits per heavy atom. The van der Waals surface area contributed by atoms with Gasteiger partial charge in [0, 0.05) is 46.8 Å². The molecule has 10 aromatic rings. The molecule has 0 spiro atoms. The number of nitrogens with zero attached hydrogens (tertiary/aromatic N) is 3. The number of fused-ring (bicyclic) bond motifs is 1. The molecule has 1 aliphatic rings. The fourth-order valence-corrected chi connectivity index (χ4v) is 10.4. The molecule has 1 fully saturated rings. The molecule has 0 radical (unpaired) electrons. The van der Waals surface area contributed by atoms with Crippen LogP contribution in [0.5, 0.6) is 5.75 Å². The minimum Gasteiger partial charge on any atom is -0.507 e. The Hall–Kier alpha value is -7.13. The minimum absolute atomic E-state index is 0. The summed E-state index contributed by atoms with van der Waals surface area (Å²) in [7, 11) is 0. The molecule has 8 aromatic carbocycles. The second-order valence-electron chi connectivity index (χ2n) is 21.4. The molecule has 1 saturated carbocycles. The molecule has 2 heterocycles. The summed E-state index contributed by atoms with van der Waals surface area (Å²) < 4.78 is 21.0. The summed E-state index contributed by atoms with van der Waals surface area (Å²) >= 11 is 0. The number of aromatic hydroxyl groups is 1. The van der Waals surface area contributed by atoms with Crippen molar-refractivity contribution in [2.24, 2.45) is 0 Å². The van der Waals surface area contributed by atoms with E-state index in [0.29, 0.717) is 37.1 Å². The van der Waals surface area contributed by atoms with E-state index in [0.717, 1.165) is 89.2 Å². The third-order valence-electron chi connectivity index (χ3n) is 14.6. The first kappa shape index (κ1) is 46.9. The number of para-hydroxylation sites is 2. The summed E-state index contributed by atoms with van der Waals surface area (Å²) in [6.45, 7) is 13.4. The van der Waals surface area contributed by atoms with Crippen LogP contribution in [0.25, 0.3) is 83.9 Å². The van der Waals surface area contributed by atoms with Crippen LogP contribution in [0.15, 0.2) is 200 Å². The van der Waals surface area contributed by atoms with Crippen LogP contribution in [0, 0.1) is 6.07 Å². The van der Waals surface area contributed by atoms with E-state index in [1.54, 1.807) is 0 Å². The molecule has 0 atom stereocenters. The number of rotatable bonds is 9. The van der Waals surface area contributed by atoms with Gasteiger partial charge in [-0.25, -0.2) is 4.98 Å². The van der Waals surface area contributed by atoms with Crippen LogP contribution in [0.1, 0.15) is 104 Å². The molecule has 5 heteroatoms. The Kier molecular flexibility index (Phi) is 13.1. The largest absolute Gasteiger partial charge is 0.507 e. The molecule has 0 amide bonds. The number of phenols is 1. The molecule has 1 aliphatic carbocycles. The summed E-state index contributed by atoms with van der Waals surface area (Å²) in [5, 5.41) is 12.4. The Labute approximate surface area is 449 Å². The van der Waals surface area contributed by atoms with Crippen molar-refractivity contribution in [2.45, 2.75) is 89.8 Å². The van der Waals surface area contributed by atoms with E-state index >= 15 is 0 Å². The number of pyridine rings is 1. The van der Waals surface area contributed by atoms with Gasteiger partial charge >= 0.3 is 0 Å². The smallest absolute Gasteiger partial charge is 0.148 e. The van der Waals surface area contributed by atoms with Crippen molar-refractivity contribution >= 4 is 11.0 Å². The number of benzene rings is 8. The van der Waals surface area contributed by atoms with Crippen LogP contribution < -0.4 is 0 Å². The molecular weight excluding hydrogens is 1070 g/mol. The predicted octanol–water partition coefficient (Wildman–Crippen LogP) is 18.0. The molecule has 0 bridgehead atoms. The van der Waals surface area contributed by atoms with Crippen molar-refractivity contribution in [3.05, 3.63) is 229 Å². The van der Waals surface area contributed by atoms with Gasteiger partial charge in [-0.2, -0.15) is 0 Å². The number of imidazole rings is 1. The van der Waals surface area contributed by atoms with Gasteiger partial charge in [-0.05, 0) is 118 Å². The maximum Gasteiger partial charge on any atom is 0.148 e. The average Bonchev–Trinajstić information content (AvgIpc) is 3.82. The molecule has 1 N–H and O–H groups in total. The van der Waals surface area contributed by atoms with Crippen LogP contribution in [0.2, 0.25) is 0 Å². The third-order valence-corrected chi connectivity index (χ3v) is 14.6. The molecule has 73 heavy (non-hydrogen) atoms. The zero-order valence-corrected chi connectivity index (χ0v) is 44.8. The molecular formula is C68H62N3OPt-. The third kappa shape index (κ3) is 10.0. The van der Waals surface area contributed by atoms with Crippen LogP contribution >= 0.6 is 0 Å². The van der Waals surface area contributed by atoms with Gasteiger partial charge in [-0.15, -0.1) is 29.3 Å². The van der Waals surface area contributed by atoms with Gasteiger partial charge in [-0.3, -0.25) is 9.55 Å². The van der Waals surface area contributed by atoms with Crippen LogP contribution in [-0.2, 0) is 31.9 Å². The van der Waals surface area contributed by atoms with E-state index in [1.165, 1.54) is 5.56 Å². The Morgan fingerprint density at radius 1 is 0.507 bits per heavy atom. The minimum atomic E-state index is -0.729. The van der Waals surface area contributed by atoms with E-state index in [4.69, 9.17) is 9.97 Å². The Balaban J connectivity index is 0.00000641. The fourth-order valence-electron chi connectivity index (χ4n) is 10.4. The van der Waals surface area contributed by atoms with Crippen molar-refractivity contribution in [1.29, 1.82) is 0 Å². The second-order valence-corrected chi connectivity index (χ2v) is 21.4. The van der Waals surface area contributed by atoms with Crippen LogP contribution in [0.3, 0.4) is 0 Å². The predicted molar refractivity (Wildman–Crippen MR) is 300 cm³/mol. The van der Waals surface area contributed by atoms with Crippen molar-refractivity contribution in [2.75, 3.05) is 0 Å². The molecule has 4 nitrogen and oxygen atoms in total. The monoisotopic (exact) mass is 1130 g/mol. The topological polar surface area (TPSA) is 50.9 Å². The quantitative estimate of drug-likeness (QED) is 0.147. The van der Waals surface area contributed by atoms with Crippen LogP contribution in [-0.4, -0.2) is 19.6 Å². The van der Waals surface area contributed by atoms with Gasteiger partial charge in [0.25, 0.3) is 0 Å². The molecule has 0 unspecified atom stereocenters. The maximum absolute atomic E-state index is 12.4. The van der Waals surface area contributed by atoms with Gasteiger partial charge in [0.2, 0.25) is 0 Å². The molecule has 0 saturated heterocycles. The van der Waals surface area contributed by atoms with Crippen LogP contribution in [0.4, 0.5) is 0 Å². The van der Waals surface area contributed by atoms with Crippen molar-refractivity contribution in [3.8, 4) is 78.6 Å². The van der Waals surface area contributed by atoms with Crippen molar-refractivity contribution < 1.29 is 28.9 Å². The first-order chi connectivity index (χ1) is 35.6. The normalized spacial score (nSPS) is 17.4. The number of hydrogen-bond donors (Lipinski definition) is 1. The van der Waals surface area contributed by atoms with Gasteiger partial charge in [0.1, 0.15) is 11.6 Å². The summed E-state index contributed by atoms with van der Waals surface area (Å²) in [5.41, 5.74) is 16.8. The van der Waals surface area contributed by atoms with E-state index in [-0.39, 0.29) is 37.6 Å². The number of aromatic nitrogens is 3. The summed E-state index contributed by atoms with van der Waals surface area (Å²) in [6.07, 6.45) is 4.48. The fraction of sp³-hybridized carbons (Fsp3) is 0.206. The first-order valence-electron chi connectivity index (χ1n) is 26.4. The first-order valence-corrected chi connectivity index (χ1v) is 25.4. The standard InChI is InChI=1S/C68H62N3O.Pt/c1-67(2,3)55-36-37-62(60(44-55)51-22-14-9-15-23-51)71-63-27-17-24-57(64(63)70-66(71)59-26-16-25-58(65(59)72)50-20-12-8-13-21-50)53-40-54(42-56(41-53)68(4,5)6)61-43-52(38-39-69-61)49-34-32-48(33-35-49)47-30-28-46(29-31-47)45-18-10-7-11-19-45;/h7-27,32-39,41-44,46-47,72H,28-31H2,1-6H3;/q-1;/i46D,47D;. The van der Waals surface area contributed by atoms with Gasteiger partial charge in [-0.1, -0.05) is 204 Å². The SMILES string of the molecule is [2H]C1(c2ccccc2)CCC([2H])(c2ccc(-c3ccnc(-c4[c-]c(-c5cccc6c5nc(-c5cccc(-c7ccccc7)c5O)n6-c5ccc(C(C)(C)C)cc5-c5ccccc5)cc(C(C)(C)C)c4)c3)cc2)CC1.[Pt]. The Bertz CT molecular complexity index is 3660. The molecule has 2 aromatic heterocycles. The Morgan fingerprint density at radius 3 is 1.71 bits per heavy atom. The average molecular weight is 1130 g/mol. The second kappa shape index (κ2) is 20.4. The molecule has 11 rings (SSSR count). The van der Waals surface area contributed by atoms with Gasteiger partial charge in [0.15, 0.2) is 0 Å². The van der Waals surface area contributed by atoms with Gasteiger partial charge < -0.3 is 5.11 Å². The van der Waals surface area contributed by atoms with Crippen molar-refractivity contribution in [3.63, 3.8) is 0 Å². The zero-order chi connectivity index (χ0) is 51.4. The van der Waals surface area contributed by atoms with E-state index in [1.807, 2.05) is 79.0 Å². The summed E-state index contributed by atoms with van der Waals surface area (Å²) in [5.74, 6) is -0.580. The van der Waals surface area contributed by atoms with E-state index in [2.05, 4.69) is 174 Å². The number of hydrogen-bond acceptors (Lipinski definition) is 3. The maximum atomic E-state index is 12.4. The van der Waals surface area contributed by atoms with E-state index in [9.17, 15) is 7.85 Å².